The molecule has 2 fully saturated rings. The predicted octanol–water partition coefficient (Wildman–Crippen LogP) is 2.96. The smallest absolute Gasteiger partial charge is 0.255 e. The van der Waals surface area contributed by atoms with Crippen molar-refractivity contribution in [2.24, 2.45) is 13.0 Å². The molecule has 1 saturated carbocycles. The van der Waals surface area contributed by atoms with Gasteiger partial charge in [-0.15, -0.1) is 0 Å². The molecule has 0 radical (unpaired) electrons. The number of rotatable bonds is 3. The largest absolute Gasteiger partial charge is 0.336 e. The van der Waals surface area contributed by atoms with Gasteiger partial charge in [0.1, 0.15) is 0 Å². The van der Waals surface area contributed by atoms with Gasteiger partial charge in [-0.05, 0) is 31.2 Å². The van der Waals surface area contributed by atoms with Crippen LogP contribution in [0, 0.1) is 5.92 Å². The van der Waals surface area contributed by atoms with E-state index in [9.17, 15) is 9.59 Å². The first-order valence-corrected chi connectivity index (χ1v) is 8.63. The minimum atomic E-state index is -0.0725. The maximum atomic E-state index is 12.8. The number of hydrogen-bond acceptors (Lipinski definition) is 2. The summed E-state index contributed by atoms with van der Waals surface area (Å²) in [4.78, 5) is 26.3. The molecular weight excluding hydrogens is 276 g/mol. The van der Waals surface area contributed by atoms with Gasteiger partial charge < -0.3 is 9.47 Å². The Balaban J connectivity index is 1.70. The lowest BCUT2D eigenvalue weighted by Gasteiger charge is -2.30. The van der Waals surface area contributed by atoms with Gasteiger partial charge in [0.15, 0.2) is 0 Å². The van der Waals surface area contributed by atoms with Crippen LogP contribution in [0.15, 0.2) is 23.1 Å². The van der Waals surface area contributed by atoms with Gasteiger partial charge in [-0.1, -0.05) is 32.1 Å². The molecule has 2 aliphatic rings. The topological polar surface area (TPSA) is 42.3 Å². The van der Waals surface area contributed by atoms with E-state index in [1.54, 1.807) is 19.3 Å². The quantitative estimate of drug-likeness (QED) is 0.861. The number of nitrogens with zero attached hydrogens (tertiary/aromatic N) is 2. The van der Waals surface area contributed by atoms with E-state index in [1.165, 1.54) is 42.7 Å². The number of carbonyl (C=O) groups excluding carboxylic acids is 1. The van der Waals surface area contributed by atoms with Crippen LogP contribution in [0.3, 0.4) is 0 Å². The molecule has 3 rings (SSSR count). The molecule has 0 unspecified atom stereocenters. The maximum Gasteiger partial charge on any atom is 0.255 e. The molecule has 1 saturated heterocycles. The van der Waals surface area contributed by atoms with Gasteiger partial charge >= 0.3 is 0 Å². The Bertz CT molecular complexity index is 587. The first-order valence-electron chi connectivity index (χ1n) is 8.63. The first-order chi connectivity index (χ1) is 10.6. The van der Waals surface area contributed by atoms with E-state index < -0.39 is 0 Å². The highest BCUT2D eigenvalue weighted by atomic mass is 16.2. The normalized spacial score (nSPS) is 23.0. The van der Waals surface area contributed by atoms with Crippen molar-refractivity contribution >= 4 is 5.91 Å². The van der Waals surface area contributed by atoms with E-state index >= 15 is 0 Å². The monoisotopic (exact) mass is 302 g/mol. The summed E-state index contributed by atoms with van der Waals surface area (Å²) in [7, 11) is 1.70. The van der Waals surface area contributed by atoms with Crippen molar-refractivity contribution in [2.45, 2.75) is 57.4 Å². The van der Waals surface area contributed by atoms with Crippen molar-refractivity contribution in [3.8, 4) is 0 Å². The number of aromatic nitrogens is 1. The third-order valence-corrected chi connectivity index (χ3v) is 5.30. The Morgan fingerprint density at radius 3 is 2.64 bits per heavy atom. The van der Waals surface area contributed by atoms with Crippen LogP contribution in [0.1, 0.15) is 61.7 Å². The molecule has 1 amide bonds. The molecule has 4 heteroatoms. The maximum absolute atomic E-state index is 12.8. The third kappa shape index (κ3) is 3.26. The molecule has 0 aromatic carbocycles. The summed E-state index contributed by atoms with van der Waals surface area (Å²) in [5, 5.41) is 0. The molecule has 1 atom stereocenters. The van der Waals surface area contributed by atoms with E-state index in [0.717, 1.165) is 31.7 Å². The highest BCUT2D eigenvalue weighted by Crippen LogP contribution is 2.32. The Morgan fingerprint density at radius 2 is 1.91 bits per heavy atom. The summed E-state index contributed by atoms with van der Waals surface area (Å²) in [6, 6.07) is 3.55. The highest BCUT2D eigenvalue weighted by molar-refractivity contribution is 5.94. The Morgan fingerprint density at radius 1 is 1.14 bits per heavy atom. The van der Waals surface area contributed by atoms with E-state index in [0.29, 0.717) is 11.6 Å². The lowest BCUT2D eigenvalue weighted by Crippen LogP contribution is -2.37. The van der Waals surface area contributed by atoms with Gasteiger partial charge in [0.25, 0.3) is 5.91 Å². The molecule has 1 aromatic heterocycles. The lowest BCUT2D eigenvalue weighted by atomic mass is 9.84. The zero-order valence-corrected chi connectivity index (χ0v) is 13.5. The SMILES string of the molecule is Cn1cc(C(=O)N2CCC[C@@H]2CC2CCCCC2)ccc1=O. The third-order valence-electron chi connectivity index (χ3n) is 5.30. The van der Waals surface area contributed by atoms with Crippen LogP contribution < -0.4 is 5.56 Å². The second-order valence-corrected chi connectivity index (χ2v) is 6.90. The molecule has 1 aliphatic heterocycles. The van der Waals surface area contributed by atoms with E-state index in [2.05, 4.69) is 4.90 Å². The van der Waals surface area contributed by atoms with Gasteiger partial charge in [0.2, 0.25) is 5.56 Å². The van der Waals surface area contributed by atoms with Crippen molar-refractivity contribution in [1.29, 1.82) is 0 Å². The number of pyridine rings is 1. The Kier molecular flexibility index (Phi) is 4.65. The fourth-order valence-corrected chi connectivity index (χ4v) is 4.04. The highest BCUT2D eigenvalue weighted by Gasteiger charge is 2.31. The minimum absolute atomic E-state index is 0.0725. The van der Waals surface area contributed by atoms with Crippen LogP contribution in [-0.2, 0) is 7.05 Å². The lowest BCUT2D eigenvalue weighted by molar-refractivity contribution is 0.0710. The fraction of sp³-hybridized carbons (Fsp3) is 0.667. The number of amides is 1. The molecule has 0 spiro atoms. The van der Waals surface area contributed by atoms with Gasteiger partial charge in [0, 0.05) is 31.9 Å². The van der Waals surface area contributed by atoms with Crippen molar-refractivity contribution in [3.63, 3.8) is 0 Å². The summed E-state index contributed by atoms with van der Waals surface area (Å²) in [6.45, 7) is 0.860. The summed E-state index contributed by atoms with van der Waals surface area (Å²) in [5.74, 6) is 0.890. The van der Waals surface area contributed by atoms with Crippen LogP contribution in [0.2, 0.25) is 0 Å². The molecular formula is C18H26N2O2. The summed E-state index contributed by atoms with van der Waals surface area (Å²) in [6.07, 6.45) is 11.8. The van der Waals surface area contributed by atoms with Gasteiger partial charge in [0.05, 0.1) is 5.56 Å². The standard InChI is InChI=1S/C18H26N2O2/c1-19-13-15(9-10-17(19)21)18(22)20-11-5-8-16(20)12-14-6-3-2-4-7-14/h9-10,13-14,16H,2-8,11-12H2,1H3/t16-/m1/s1. The van der Waals surface area contributed by atoms with Crippen molar-refractivity contribution in [1.82, 2.24) is 9.47 Å². The zero-order valence-electron chi connectivity index (χ0n) is 13.5. The molecule has 22 heavy (non-hydrogen) atoms. The molecule has 2 heterocycles. The molecule has 1 aliphatic carbocycles. The van der Waals surface area contributed by atoms with Crippen LogP contribution in [-0.4, -0.2) is 28.0 Å². The molecule has 120 valence electrons. The molecule has 0 bridgehead atoms. The fourth-order valence-electron chi connectivity index (χ4n) is 4.04. The molecule has 1 aromatic rings. The van der Waals surface area contributed by atoms with Crippen LogP contribution in [0.4, 0.5) is 0 Å². The van der Waals surface area contributed by atoms with E-state index in [1.807, 2.05) is 0 Å². The average molecular weight is 302 g/mol. The van der Waals surface area contributed by atoms with Crippen molar-refractivity contribution < 1.29 is 4.79 Å². The van der Waals surface area contributed by atoms with Crippen LogP contribution >= 0.6 is 0 Å². The molecule has 4 nitrogen and oxygen atoms in total. The predicted molar refractivity (Wildman–Crippen MR) is 86.9 cm³/mol. The number of carbonyl (C=O) groups is 1. The first kappa shape index (κ1) is 15.3. The summed E-state index contributed by atoms with van der Waals surface area (Å²) < 4.78 is 1.49. The summed E-state index contributed by atoms with van der Waals surface area (Å²) in [5.41, 5.74) is 0.564. The number of aryl methyl sites for hydroxylation is 1. The van der Waals surface area contributed by atoms with Crippen molar-refractivity contribution in [3.05, 3.63) is 34.2 Å². The van der Waals surface area contributed by atoms with Crippen LogP contribution in [0.25, 0.3) is 0 Å². The second kappa shape index (κ2) is 6.67. The zero-order chi connectivity index (χ0) is 15.5. The van der Waals surface area contributed by atoms with Gasteiger partial charge in [-0.3, -0.25) is 9.59 Å². The van der Waals surface area contributed by atoms with E-state index in [4.69, 9.17) is 0 Å². The van der Waals surface area contributed by atoms with Crippen LogP contribution in [0.5, 0.6) is 0 Å². The second-order valence-electron chi connectivity index (χ2n) is 6.90. The van der Waals surface area contributed by atoms with Gasteiger partial charge in [-0.25, -0.2) is 0 Å². The van der Waals surface area contributed by atoms with Gasteiger partial charge in [-0.2, -0.15) is 0 Å². The Hall–Kier alpha value is -1.58. The average Bonchev–Trinajstić information content (AvgIpc) is 2.98. The van der Waals surface area contributed by atoms with E-state index in [-0.39, 0.29) is 11.5 Å². The molecule has 0 N–H and O–H groups in total. The number of likely N-dealkylation sites (tertiary alicyclic amines) is 1. The summed E-state index contributed by atoms with van der Waals surface area (Å²) >= 11 is 0. The van der Waals surface area contributed by atoms with Crippen molar-refractivity contribution in [2.75, 3.05) is 6.54 Å². The number of hydrogen-bond donors (Lipinski definition) is 0. The Labute approximate surface area is 132 Å². The minimum Gasteiger partial charge on any atom is -0.336 e.